The van der Waals surface area contributed by atoms with Gasteiger partial charge >= 0.3 is 0 Å². The van der Waals surface area contributed by atoms with Gasteiger partial charge < -0.3 is 0 Å². The highest BCUT2D eigenvalue weighted by Crippen LogP contribution is 2.29. The third-order valence-corrected chi connectivity index (χ3v) is 2.68. The summed E-state index contributed by atoms with van der Waals surface area (Å²) in [6.07, 6.45) is 3.76. The van der Waals surface area contributed by atoms with Crippen LogP contribution in [0.4, 0.5) is 5.69 Å². The summed E-state index contributed by atoms with van der Waals surface area (Å²) >= 11 is 0. The Morgan fingerprint density at radius 2 is 1.88 bits per heavy atom. The van der Waals surface area contributed by atoms with E-state index in [-0.39, 0.29) is 0 Å². The Morgan fingerprint density at radius 3 is 2.56 bits per heavy atom. The van der Waals surface area contributed by atoms with Crippen LogP contribution >= 0.6 is 0 Å². The lowest BCUT2D eigenvalue weighted by Gasteiger charge is -2.06. The molecule has 2 aromatic rings. The second-order valence-corrected chi connectivity index (χ2v) is 3.74. The molecule has 0 unspecified atom stereocenters. The molecule has 0 saturated heterocycles. The Hall–Kier alpha value is -1.92. The number of nitrogens with zero attached hydrogens (tertiary/aromatic N) is 1. The topological polar surface area (TPSA) is 29.4 Å². The second-order valence-electron chi connectivity index (χ2n) is 3.74. The summed E-state index contributed by atoms with van der Waals surface area (Å²) in [7, 11) is 0. The molecule has 0 aliphatic rings. The quantitative estimate of drug-likeness (QED) is 0.561. The van der Waals surface area contributed by atoms with Gasteiger partial charge in [0.15, 0.2) is 0 Å². The van der Waals surface area contributed by atoms with E-state index in [9.17, 15) is 4.79 Å². The number of fused-ring (bicyclic) bond motifs is 1. The second kappa shape index (κ2) is 4.73. The van der Waals surface area contributed by atoms with Crippen LogP contribution in [-0.2, 0) is 11.2 Å². The van der Waals surface area contributed by atoms with Crippen molar-refractivity contribution in [3.63, 3.8) is 0 Å². The molecular formula is C14H13NO. The molecule has 2 heteroatoms. The fourth-order valence-electron chi connectivity index (χ4n) is 1.98. The van der Waals surface area contributed by atoms with E-state index in [0.717, 1.165) is 18.2 Å². The first kappa shape index (κ1) is 10.6. The molecule has 0 saturated carbocycles. The Morgan fingerprint density at radius 1 is 1.12 bits per heavy atom. The zero-order valence-corrected chi connectivity index (χ0v) is 9.23. The highest BCUT2D eigenvalue weighted by atomic mass is 16.1. The smallest absolute Gasteiger partial charge is 0.211 e. The van der Waals surface area contributed by atoms with E-state index >= 15 is 0 Å². The fourth-order valence-corrected chi connectivity index (χ4v) is 1.98. The van der Waals surface area contributed by atoms with Crippen LogP contribution in [-0.4, -0.2) is 6.08 Å². The highest BCUT2D eigenvalue weighted by molar-refractivity contribution is 5.95. The summed E-state index contributed by atoms with van der Waals surface area (Å²) in [6.45, 7) is 2.16. The van der Waals surface area contributed by atoms with Crippen molar-refractivity contribution in [3.05, 3.63) is 42.0 Å². The molecule has 0 fully saturated rings. The predicted molar refractivity (Wildman–Crippen MR) is 65.7 cm³/mol. The first-order chi connectivity index (χ1) is 7.86. The van der Waals surface area contributed by atoms with Crippen LogP contribution in [0.25, 0.3) is 10.8 Å². The van der Waals surface area contributed by atoms with Crippen molar-refractivity contribution in [1.82, 2.24) is 0 Å². The monoisotopic (exact) mass is 211 g/mol. The van der Waals surface area contributed by atoms with Gasteiger partial charge in [0.25, 0.3) is 0 Å². The summed E-state index contributed by atoms with van der Waals surface area (Å²) < 4.78 is 0. The van der Waals surface area contributed by atoms with Crippen LogP contribution in [0.2, 0.25) is 0 Å². The van der Waals surface area contributed by atoms with Crippen molar-refractivity contribution in [3.8, 4) is 0 Å². The van der Waals surface area contributed by atoms with E-state index < -0.39 is 0 Å². The van der Waals surface area contributed by atoms with Crippen LogP contribution < -0.4 is 0 Å². The first-order valence-corrected chi connectivity index (χ1v) is 5.45. The Kier molecular flexibility index (Phi) is 3.13. The molecule has 0 aliphatic carbocycles. The van der Waals surface area contributed by atoms with Crippen LogP contribution in [0.5, 0.6) is 0 Å². The maximum atomic E-state index is 10.3. The molecule has 0 amide bonds. The largest absolute Gasteiger partial charge is 0.240 e. The van der Waals surface area contributed by atoms with E-state index in [1.807, 2.05) is 30.3 Å². The molecule has 0 spiro atoms. The number of rotatable bonds is 3. The Bertz CT molecular complexity index is 554. The molecule has 0 bridgehead atoms. The van der Waals surface area contributed by atoms with E-state index in [0.29, 0.717) is 5.69 Å². The number of isocyanates is 1. The van der Waals surface area contributed by atoms with E-state index in [4.69, 9.17) is 0 Å². The van der Waals surface area contributed by atoms with Gasteiger partial charge in [-0.2, -0.15) is 4.99 Å². The van der Waals surface area contributed by atoms with Gasteiger partial charge in [0.2, 0.25) is 6.08 Å². The van der Waals surface area contributed by atoms with Crippen LogP contribution in [0.1, 0.15) is 18.9 Å². The molecule has 0 N–H and O–H groups in total. The molecule has 0 heterocycles. The Balaban J connectivity index is 2.71. The lowest BCUT2D eigenvalue weighted by Crippen LogP contribution is -1.85. The zero-order valence-electron chi connectivity index (χ0n) is 9.23. The molecule has 0 aliphatic heterocycles. The summed E-state index contributed by atoms with van der Waals surface area (Å²) in [6, 6.07) is 12.0. The minimum Gasteiger partial charge on any atom is -0.211 e. The van der Waals surface area contributed by atoms with Gasteiger partial charge in [-0.25, -0.2) is 4.79 Å². The molecule has 0 radical (unpaired) electrons. The van der Waals surface area contributed by atoms with Gasteiger partial charge in [-0.15, -0.1) is 0 Å². The minimum atomic E-state index is 0.699. The Labute approximate surface area is 94.6 Å². The van der Waals surface area contributed by atoms with Gasteiger partial charge in [-0.05, 0) is 23.4 Å². The van der Waals surface area contributed by atoms with Gasteiger partial charge in [0, 0.05) is 5.39 Å². The summed E-state index contributed by atoms with van der Waals surface area (Å²) in [5.41, 5.74) is 2.01. The van der Waals surface area contributed by atoms with Crippen LogP contribution in [0.15, 0.2) is 41.4 Å². The fraction of sp³-hybridized carbons (Fsp3) is 0.214. The minimum absolute atomic E-state index is 0.699. The van der Waals surface area contributed by atoms with Crippen molar-refractivity contribution in [2.75, 3.05) is 0 Å². The average molecular weight is 211 g/mol. The summed E-state index contributed by atoms with van der Waals surface area (Å²) in [5.74, 6) is 0. The standard InChI is InChI=1S/C14H13NO/c1-2-5-11-8-9-14(15-10-16)13-7-4-3-6-12(11)13/h3-4,6-9H,2,5H2,1H3. The lowest BCUT2D eigenvalue weighted by molar-refractivity contribution is 0.565. The van der Waals surface area contributed by atoms with Crippen molar-refractivity contribution in [2.24, 2.45) is 4.99 Å². The third-order valence-electron chi connectivity index (χ3n) is 2.68. The molecular weight excluding hydrogens is 198 g/mol. The maximum Gasteiger partial charge on any atom is 0.240 e. The number of hydrogen-bond acceptors (Lipinski definition) is 2. The number of aliphatic imine (C=N–C) groups is 1. The van der Waals surface area contributed by atoms with Gasteiger partial charge in [-0.1, -0.05) is 43.7 Å². The molecule has 0 atom stereocenters. The summed E-state index contributed by atoms with van der Waals surface area (Å²) in [5, 5.41) is 2.21. The molecule has 2 nitrogen and oxygen atoms in total. The van der Waals surface area contributed by atoms with Crippen molar-refractivity contribution in [2.45, 2.75) is 19.8 Å². The molecule has 80 valence electrons. The predicted octanol–water partition coefficient (Wildman–Crippen LogP) is 3.76. The first-order valence-electron chi connectivity index (χ1n) is 5.45. The molecule has 2 rings (SSSR count). The van der Waals surface area contributed by atoms with Gasteiger partial charge in [0.05, 0.1) is 5.69 Å². The molecule has 0 aromatic heterocycles. The maximum absolute atomic E-state index is 10.3. The average Bonchev–Trinajstić information content (AvgIpc) is 2.33. The van der Waals surface area contributed by atoms with E-state index in [2.05, 4.69) is 18.0 Å². The molecule has 16 heavy (non-hydrogen) atoms. The van der Waals surface area contributed by atoms with Crippen molar-refractivity contribution >= 4 is 22.5 Å². The number of carbonyl (C=O) groups excluding carboxylic acids is 1. The summed E-state index contributed by atoms with van der Waals surface area (Å²) in [4.78, 5) is 14.1. The van der Waals surface area contributed by atoms with Crippen LogP contribution in [0.3, 0.4) is 0 Å². The SMILES string of the molecule is CCCc1ccc(N=C=O)c2ccccc12. The molecule has 2 aromatic carbocycles. The van der Waals surface area contributed by atoms with Crippen molar-refractivity contribution in [1.29, 1.82) is 0 Å². The number of aryl methyl sites for hydroxylation is 1. The van der Waals surface area contributed by atoms with Crippen LogP contribution in [0, 0.1) is 0 Å². The lowest BCUT2D eigenvalue weighted by atomic mass is 10.00. The number of hydrogen-bond donors (Lipinski definition) is 0. The van der Waals surface area contributed by atoms with E-state index in [1.165, 1.54) is 10.9 Å². The normalized spacial score (nSPS) is 10.1. The van der Waals surface area contributed by atoms with E-state index in [1.54, 1.807) is 6.08 Å². The third kappa shape index (κ3) is 1.88. The van der Waals surface area contributed by atoms with Gasteiger partial charge in [-0.3, -0.25) is 0 Å². The number of benzene rings is 2. The highest BCUT2D eigenvalue weighted by Gasteiger charge is 2.03. The van der Waals surface area contributed by atoms with Crippen molar-refractivity contribution < 1.29 is 4.79 Å². The van der Waals surface area contributed by atoms with Gasteiger partial charge in [0.1, 0.15) is 0 Å². The zero-order chi connectivity index (χ0) is 11.4.